The average Bonchev–Trinajstić information content (AvgIpc) is 2.58. The molecule has 0 amide bonds. The van der Waals surface area contributed by atoms with Gasteiger partial charge in [-0.2, -0.15) is 0 Å². The number of hydrogen-bond donors (Lipinski definition) is 2. The van der Waals surface area contributed by atoms with Crippen LogP contribution in [0.15, 0.2) is 0 Å². The lowest BCUT2D eigenvalue weighted by molar-refractivity contribution is -0.154. The Morgan fingerprint density at radius 3 is 2.35 bits per heavy atom. The monoisotopic (exact) mass is 243 g/mol. The molecule has 0 unspecified atom stereocenters. The van der Waals surface area contributed by atoms with Crippen molar-refractivity contribution in [2.75, 3.05) is 6.61 Å². The van der Waals surface area contributed by atoms with E-state index in [4.69, 9.17) is 10.8 Å². The standard InChI is InChI=1S/C10H13NO6/c11-5(9(14)15)3-4-17-10(16)8-6(12)1-2-7(8)13/h5,8H,1-4,11H2,(H,14,15)/t5-/m0/s1. The van der Waals surface area contributed by atoms with E-state index in [2.05, 4.69) is 4.74 Å². The number of rotatable bonds is 5. The maximum atomic E-state index is 11.4. The first-order valence-electron chi connectivity index (χ1n) is 5.14. The zero-order valence-electron chi connectivity index (χ0n) is 9.05. The Hall–Kier alpha value is -1.76. The van der Waals surface area contributed by atoms with Crippen molar-refractivity contribution >= 4 is 23.5 Å². The number of carbonyl (C=O) groups is 4. The first-order chi connectivity index (χ1) is 7.93. The van der Waals surface area contributed by atoms with E-state index in [0.717, 1.165) is 0 Å². The first kappa shape index (κ1) is 13.3. The van der Waals surface area contributed by atoms with Crippen molar-refractivity contribution in [3.63, 3.8) is 0 Å². The van der Waals surface area contributed by atoms with Crippen LogP contribution in [0.4, 0.5) is 0 Å². The van der Waals surface area contributed by atoms with Crippen molar-refractivity contribution in [2.45, 2.75) is 25.3 Å². The van der Waals surface area contributed by atoms with E-state index in [1.54, 1.807) is 0 Å². The molecule has 1 rings (SSSR count). The van der Waals surface area contributed by atoms with Gasteiger partial charge in [0.1, 0.15) is 6.04 Å². The molecular weight excluding hydrogens is 230 g/mol. The maximum Gasteiger partial charge on any atom is 0.324 e. The van der Waals surface area contributed by atoms with Crippen LogP contribution >= 0.6 is 0 Å². The number of carboxylic acids is 1. The number of hydrogen-bond acceptors (Lipinski definition) is 6. The van der Waals surface area contributed by atoms with Gasteiger partial charge in [0.2, 0.25) is 0 Å². The number of ether oxygens (including phenoxy) is 1. The minimum absolute atomic E-state index is 0.0594. The van der Waals surface area contributed by atoms with Gasteiger partial charge in [0.05, 0.1) is 6.61 Å². The van der Waals surface area contributed by atoms with Gasteiger partial charge in [-0.3, -0.25) is 19.2 Å². The predicted molar refractivity (Wildman–Crippen MR) is 53.9 cm³/mol. The molecule has 3 N–H and O–H groups in total. The third-order valence-electron chi connectivity index (χ3n) is 2.49. The fraction of sp³-hybridized carbons (Fsp3) is 0.600. The topological polar surface area (TPSA) is 124 Å². The molecule has 1 aliphatic carbocycles. The Labute approximate surface area is 96.9 Å². The molecule has 7 nitrogen and oxygen atoms in total. The van der Waals surface area contributed by atoms with Crippen molar-refractivity contribution in [2.24, 2.45) is 11.7 Å². The normalized spacial score (nSPS) is 18.2. The molecule has 94 valence electrons. The summed E-state index contributed by atoms with van der Waals surface area (Å²) in [4.78, 5) is 44.1. The van der Waals surface area contributed by atoms with Crippen LogP contribution < -0.4 is 5.73 Å². The Kier molecular flexibility index (Phi) is 4.33. The van der Waals surface area contributed by atoms with Gasteiger partial charge < -0.3 is 15.6 Å². The Balaban J connectivity index is 2.37. The summed E-state index contributed by atoms with van der Waals surface area (Å²) in [5.41, 5.74) is 5.19. The third kappa shape index (κ3) is 3.35. The van der Waals surface area contributed by atoms with Crippen LogP contribution in [-0.4, -0.2) is 41.3 Å². The Morgan fingerprint density at radius 2 is 1.88 bits per heavy atom. The first-order valence-corrected chi connectivity index (χ1v) is 5.14. The van der Waals surface area contributed by atoms with E-state index in [-0.39, 0.29) is 25.9 Å². The summed E-state index contributed by atoms with van der Waals surface area (Å²) in [6.45, 7) is -0.219. The summed E-state index contributed by atoms with van der Waals surface area (Å²) in [6, 6.07) is -1.13. The Bertz CT molecular complexity index is 348. The fourth-order valence-corrected chi connectivity index (χ4v) is 1.47. The molecule has 0 saturated heterocycles. The van der Waals surface area contributed by atoms with Gasteiger partial charge >= 0.3 is 11.9 Å². The van der Waals surface area contributed by atoms with E-state index in [0.29, 0.717) is 0 Å². The molecule has 17 heavy (non-hydrogen) atoms. The third-order valence-corrected chi connectivity index (χ3v) is 2.49. The fourth-order valence-electron chi connectivity index (χ4n) is 1.47. The van der Waals surface area contributed by atoms with E-state index in [1.165, 1.54) is 0 Å². The van der Waals surface area contributed by atoms with Crippen LogP contribution in [0.25, 0.3) is 0 Å². The van der Waals surface area contributed by atoms with Crippen LogP contribution in [0.1, 0.15) is 19.3 Å². The summed E-state index contributed by atoms with van der Waals surface area (Å²) in [6.07, 6.45) is 0.0661. The minimum Gasteiger partial charge on any atom is -0.480 e. The lowest BCUT2D eigenvalue weighted by Crippen LogP contribution is -2.33. The highest BCUT2D eigenvalue weighted by molar-refractivity contribution is 6.21. The van der Waals surface area contributed by atoms with Gasteiger partial charge in [0.15, 0.2) is 17.5 Å². The smallest absolute Gasteiger partial charge is 0.324 e. The van der Waals surface area contributed by atoms with Crippen LogP contribution in [-0.2, 0) is 23.9 Å². The molecule has 1 aliphatic rings. The van der Waals surface area contributed by atoms with Crippen molar-refractivity contribution < 1.29 is 29.0 Å². The molecule has 0 aromatic carbocycles. The average molecular weight is 243 g/mol. The quantitative estimate of drug-likeness (QED) is 0.463. The second-order valence-corrected chi connectivity index (χ2v) is 3.77. The molecule has 1 fully saturated rings. The van der Waals surface area contributed by atoms with Gasteiger partial charge in [0, 0.05) is 19.3 Å². The molecule has 0 radical (unpaired) electrons. The van der Waals surface area contributed by atoms with E-state index < -0.39 is 35.5 Å². The second-order valence-electron chi connectivity index (χ2n) is 3.77. The highest BCUT2D eigenvalue weighted by atomic mass is 16.5. The van der Waals surface area contributed by atoms with Crippen LogP contribution in [0, 0.1) is 5.92 Å². The summed E-state index contributed by atoms with van der Waals surface area (Å²) < 4.78 is 4.66. The SMILES string of the molecule is N[C@@H](CCOC(=O)C1C(=O)CCC1=O)C(=O)O. The highest BCUT2D eigenvalue weighted by Crippen LogP contribution is 2.19. The maximum absolute atomic E-state index is 11.4. The molecule has 0 aromatic heterocycles. The highest BCUT2D eigenvalue weighted by Gasteiger charge is 2.39. The molecule has 0 aromatic rings. The lowest BCUT2D eigenvalue weighted by atomic mass is 10.1. The minimum atomic E-state index is -1.32. The number of carbonyl (C=O) groups excluding carboxylic acids is 3. The van der Waals surface area contributed by atoms with Crippen molar-refractivity contribution in [1.29, 1.82) is 0 Å². The van der Waals surface area contributed by atoms with Crippen molar-refractivity contribution in [1.82, 2.24) is 0 Å². The number of carboxylic acid groups (broad SMARTS) is 1. The molecule has 1 atom stereocenters. The lowest BCUT2D eigenvalue weighted by Gasteiger charge is -2.09. The molecular formula is C10H13NO6. The van der Waals surface area contributed by atoms with Crippen molar-refractivity contribution in [3.05, 3.63) is 0 Å². The molecule has 0 bridgehead atoms. The summed E-state index contributed by atoms with van der Waals surface area (Å²) >= 11 is 0. The molecule has 0 heterocycles. The summed E-state index contributed by atoms with van der Waals surface area (Å²) in [5.74, 6) is -4.31. The molecule has 1 saturated carbocycles. The largest absolute Gasteiger partial charge is 0.480 e. The van der Waals surface area contributed by atoms with E-state index in [9.17, 15) is 19.2 Å². The number of aliphatic carboxylic acids is 1. The second kappa shape index (κ2) is 5.53. The predicted octanol–water partition coefficient (Wildman–Crippen LogP) is -1.12. The zero-order valence-corrected chi connectivity index (χ0v) is 9.05. The van der Waals surface area contributed by atoms with Crippen LogP contribution in [0.5, 0.6) is 0 Å². The molecule has 0 spiro atoms. The van der Waals surface area contributed by atoms with Gasteiger partial charge in [0.25, 0.3) is 0 Å². The number of Topliss-reactive ketones (excluding diaryl/α,β-unsaturated/α-hetero) is 2. The van der Waals surface area contributed by atoms with E-state index in [1.807, 2.05) is 0 Å². The summed E-state index contributed by atoms with van der Waals surface area (Å²) in [5, 5.41) is 8.47. The molecule has 7 heteroatoms. The van der Waals surface area contributed by atoms with E-state index >= 15 is 0 Å². The number of esters is 1. The van der Waals surface area contributed by atoms with Gasteiger partial charge in [-0.05, 0) is 0 Å². The molecule has 0 aliphatic heterocycles. The summed E-state index contributed by atoms with van der Waals surface area (Å²) in [7, 11) is 0. The van der Waals surface area contributed by atoms with Gasteiger partial charge in [-0.25, -0.2) is 0 Å². The Morgan fingerprint density at radius 1 is 1.35 bits per heavy atom. The van der Waals surface area contributed by atoms with Gasteiger partial charge in [-0.15, -0.1) is 0 Å². The van der Waals surface area contributed by atoms with Gasteiger partial charge in [-0.1, -0.05) is 0 Å². The number of ketones is 2. The zero-order chi connectivity index (χ0) is 13.0. The van der Waals surface area contributed by atoms with Crippen molar-refractivity contribution in [3.8, 4) is 0 Å². The number of nitrogens with two attached hydrogens (primary N) is 1. The van der Waals surface area contributed by atoms with Crippen LogP contribution in [0.2, 0.25) is 0 Å². The van der Waals surface area contributed by atoms with Crippen LogP contribution in [0.3, 0.4) is 0 Å².